The van der Waals surface area contributed by atoms with Gasteiger partial charge in [-0.1, -0.05) is 48.6 Å². The minimum absolute atomic E-state index is 0.625. The van der Waals surface area contributed by atoms with Gasteiger partial charge in [-0.15, -0.1) is 18.5 Å². The van der Waals surface area contributed by atoms with Crippen molar-refractivity contribution in [3.63, 3.8) is 0 Å². The summed E-state index contributed by atoms with van der Waals surface area (Å²) in [5, 5.41) is 0. The van der Waals surface area contributed by atoms with E-state index in [1.165, 1.54) is 0 Å². The Morgan fingerprint density at radius 1 is 0.852 bits per heavy atom. The highest BCUT2D eigenvalue weighted by molar-refractivity contribution is 7.17. The van der Waals surface area contributed by atoms with Crippen LogP contribution in [0.3, 0.4) is 0 Å². The number of nitrogens with two attached hydrogens (primary N) is 1. The first-order valence-corrected chi connectivity index (χ1v) is 10.5. The molecule has 2 rings (SSSR count). The fraction of sp³-hybridized carbons (Fsp3) is 0.273. The zero-order valence-corrected chi connectivity index (χ0v) is 18.5. The normalized spacial score (nSPS) is 14.6. The second-order valence-electron chi connectivity index (χ2n) is 6.51. The van der Waals surface area contributed by atoms with E-state index in [2.05, 4.69) is 42.8 Å². The Balaban J connectivity index is 2.48. The van der Waals surface area contributed by atoms with Gasteiger partial charge in [-0.2, -0.15) is 0 Å². The molecule has 5 heteroatoms. The summed E-state index contributed by atoms with van der Waals surface area (Å²) < 4.78 is 11.0. The topological polar surface area (TPSA) is 44.5 Å². The third-order valence-electron chi connectivity index (χ3n) is 4.32. The van der Waals surface area contributed by atoms with Crippen LogP contribution in [0.1, 0.15) is 18.1 Å². The maximum Gasteiger partial charge on any atom is 0.126 e. The molecule has 0 bridgehead atoms. The summed E-state index contributed by atoms with van der Waals surface area (Å²) in [7, 11) is 8.95. The molecule has 0 aliphatic heterocycles. The molecule has 2 aromatic rings. The molecule has 0 heterocycles. The highest BCUT2D eigenvalue weighted by Gasteiger charge is 2.18. The van der Waals surface area contributed by atoms with Crippen molar-refractivity contribution >= 4 is 29.6 Å². The zero-order valence-electron chi connectivity index (χ0n) is 16.2. The summed E-state index contributed by atoms with van der Waals surface area (Å²) in [5.74, 6) is 1.70. The molecule has 0 saturated carbocycles. The van der Waals surface area contributed by atoms with Crippen LogP contribution in [0.2, 0.25) is 0 Å². The van der Waals surface area contributed by atoms with Crippen LogP contribution in [0.25, 0.3) is 11.1 Å². The summed E-state index contributed by atoms with van der Waals surface area (Å²) in [6.45, 7) is 2.01. The van der Waals surface area contributed by atoms with Crippen molar-refractivity contribution in [1.82, 2.24) is 0 Å². The molecular weight excluding hydrogens is 372 g/mol. The van der Waals surface area contributed by atoms with Gasteiger partial charge in [-0.05, 0) is 42.5 Å². The Kier molecular flexibility index (Phi) is 8.05. The maximum absolute atomic E-state index is 6.67. The lowest BCUT2D eigenvalue weighted by Crippen LogP contribution is -2.32. The monoisotopic (exact) mass is 401 g/mol. The van der Waals surface area contributed by atoms with E-state index in [0.717, 1.165) is 46.1 Å². The van der Waals surface area contributed by atoms with E-state index < -0.39 is 5.54 Å². The first kappa shape index (κ1) is 21.6. The molecule has 27 heavy (non-hydrogen) atoms. The van der Waals surface area contributed by atoms with E-state index >= 15 is 0 Å². The SMILES string of the molecule is COc1ccccc1/C(=C\C(C)(N)/C=C(/CP)c1ccccc1OC)CP. The molecule has 2 aromatic carbocycles. The van der Waals surface area contributed by atoms with Crippen molar-refractivity contribution in [2.75, 3.05) is 26.5 Å². The van der Waals surface area contributed by atoms with Gasteiger partial charge in [-0.25, -0.2) is 0 Å². The van der Waals surface area contributed by atoms with Crippen LogP contribution in [-0.2, 0) is 0 Å². The molecule has 2 N–H and O–H groups in total. The van der Waals surface area contributed by atoms with E-state index in [4.69, 9.17) is 15.2 Å². The summed E-state index contributed by atoms with van der Waals surface area (Å²) >= 11 is 0. The average Bonchev–Trinajstić information content (AvgIpc) is 2.70. The van der Waals surface area contributed by atoms with Gasteiger partial charge in [0.05, 0.1) is 19.8 Å². The lowest BCUT2D eigenvalue weighted by Gasteiger charge is -2.22. The van der Waals surface area contributed by atoms with Crippen LogP contribution < -0.4 is 15.2 Å². The standard InChI is InChI=1S/C22H29NO2P2/c1-22(23,12-16(14-26)18-8-4-6-10-20(18)24-2)13-17(15-27)19-9-5-7-11-21(19)25-3/h4-13H,14-15,23,26-27H2,1-3H3/b16-12-,17-13-. The van der Waals surface area contributed by atoms with E-state index in [1.54, 1.807) is 14.2 Å². The largest absolute Gasteiger partial charge is 0.496 e. The second kappa shape index (κ2) is 10.0. The van der Waals surface area contributed by atoms with Crippen LogP contribution in [-0.4, -0.2) is 32.1 Å². The lowest BCUT2D eigenvalue weighted by atomic mass is 9.92. The third kappa shape index (κ3) is 5.66. The number of para-hydroxylation sites is 2. The zero-order chi connectivity index (χ0) is 19.9. The minimum atomic E-state index is -0.625. The van der Waals surface area contributed by atoms with E-state index in [-0.39, 0.29) is 0 Å². The Hall–Kier alpha value is -1.66. The van der Waals surface area contributed by atoms with Crippen LogP contribution >= 0.6 is 18.5 Å². The Morgan fingerprint density at radius 2 is 1.22 bits per heavy atom. The molecule has 0 saturated heterocycles. The minimum Gasteiger partial charge on any atom is -0.496 e. The van der Waals surface area contributed by atoms with E-state index in [0.29, 0.717) is 0 Å². The van der Waals surface area contributed by atoms with Crippen LogP contribution in [0, 0.1) is 0 Å². The fourth-order valence-corrected chi connectivity index (χ4v) is 3.78. The number of hydrogen-bond acceptors (Lipinski definition) is 3. The smallest absolute Gasteiger partial charge is 0.126 e. The predicted molar refractivity (Wildman–Crippen MR) is 124 cm³/mol. The Morgan fingerprint density at radius 3 is 1.56 bits per heavy atom. The predicted octanol–water partition coefficient (Wildman–Crippen LogP) is 4.64. The molecular formula is C22H29NO2P2. The molecule has 144 valence electrons. The van der Waals surface area contributed by atoms with Gasteiger partial charge in [0, 0.05) is 11.1 Å². The van der Waals surface area contributed by atoms with Gasteiger partial charge in [-0.3, -0.25) is 0 Å². The quantitative estimate of drug-likeness (QED) is 0.656. The van der Waals surface area contributed by atoms with Crippen LogP contribution in [0.5, 0.6) is 11.5 Å². The Bertz CT molecular complexity index is 761. The lowest BCUT2D eigenvalue weighted by molar-refractivity contribution is 0.413. The van der Waals surface area contributed by atoms with Crippen molar-refractivity contribution in [2.45, 2.75) is 12.5 Å². The highest BCUT2D eigenvalue weighted by Crippen LogP contribution is 2.32. The van der Waals surface area contributed by atoms with Gasteiger partial charge < -0.3 is 15.2 Å². The van der Waals surface area contributed by atoms with E-state index in [1.807, 2.05) is 43.3 Å². The molecule has 0 spiro atoms. The molecule has 3 nitrogen and oxygen atoms in total. The van der Waals surface area contributed by atoms with Gasteiger partial charge in [0.25, 0.3) is 0 Å². The number of methoxy groups -OCH3 is 2. The van der Waals surface area contributed by atoms with Crippen molar-refractivity contribution in [1.29, 1.82) is 0 Å². The molecule has 2 atom stereocenters. The summed E-state index contributed by atoms with van der Waals surface area (Å²) in [6, 6.07) is 16.0. The third-order valence-corrected chi connectivity index (χ3v) is 5.20. The highest BCUT2D eigenvalue weighted by atomic mass is 31.0. The molecule has 0 aromatic heterocycles. The van der Waals surface area contributed by atoms with Crippen molar-refractivity contribution in [3.05, 3.63) is 71.8 Å². The van der Waals surface area contributed by atoms with Gasteiger partial charge in [0.1, 0.15) is 11.5 Å². The molecule has 0 radical (unpaired) electrons. The Labute approximate surface area is 167 Å². The fourth-order valence-electron chi connectivity index (χ4n) is 3.11. The number of benzene rings is 2. The van der Waals surface area contributed by atoms with Gasteiger partial charge in [0.2, 0.25) is 0 Å². The van der Waals surface area contributed by atoms with Crippen molar-refractivity contribution < 1.29 is 9.47 Å². The number of ether oxygens (including phenoxy) is 2. The first-order chi connectivity index (χ1) is 13.0. The summed E-state index contributed by atoms with van der Waals surface area (Å²) in [4.78, 5) is 0. The van der Waals surface area contributed by atoms with E-state index in [9.17, 15) is 0 Å². The van der Waals surface area contributed by atoms with Gasteiger partial charge in [0.15, 0.2) is 0 Å². The molecule has 0 amide bonds. The maximum atomic E-state index is 6.67. The summed E-state index contributed by atoms with van der Waals surface area (Å²) in [5.41, 5.74) is 10.4. The van der Waals surface area contributed by atoms with Crippen LogP contribution in [0.15, 0.2) is 60.7 Å². The molecule has 0 aliphatic carbocycles. The number of hydrogen-bond donors (Lipinski definition) is 1. The number of allylic oxidation sites excluding steroid dienone is 2. The van der Waals surface area contributed by atoms with Gasteiger partial charge >= 0.3 is 0 Å². The summed E-state index contributed by atoms with van der Waals surface area (Å²) in [6.07, 6.45) is 5.78. The first-order valence-electron chi connectivity index (χ1n) is 8.85. The van der Waals surface area contributed by atoms with Crippen molar-refractivity contribution in [3.8, 4) is 11.5 Å². The molecule has 0 aliphatic rings. The second-order valence-corrected chi connectivity index (χ2v) is 7.33. The molecule has 2 unspecified atom stereocenters. The van der Waals surface area contributed by atoms with Crippen LogP contribution in [0.4, 0.5) is 0 Å². The molecule has 0 fully saturated rings. The van der Waals surface area contributed by atoms with Crippen molar-refractivity contribution in [2.24, 2.45) is 5.73 Å². The average molecular weight is 401 g/mol. The number of rotatable bonds is 8.